The fourth-order valence-electron chi connectivity index (χ4n) is 3.83. The van der Waals surface area contributed by atoms with Crippen LogP contribution in [-0.2, 0) is 22.4 Å². The first kappa shape index (κ1) is 19.1. The largest absolute Gasteiger partial charge is 0.341 e. The van der Waals surface area contributed by atoms with Crippen molar-refractivity contribution < 1.29 is 18.8 Å². The zero-order chi connectivity index (χ0) is 20.4. The number of hydrogen-bond donors (Lipinski definition) is 1. The minimum Gasteiger partial charge on any atom is -0.341 e. The van der Waals surface area contributed by atoms with Crippen LogP contribution in [0.4, 0.5) is 10.1 Å². The molecule has 0 radical (unpaired) electrons. The topological polar surface area (TPSA) is 69.7 Å². The van der Waals surface area contributed by atoms with Gasteiger partial charge in [-0.25, -0.2) is 4.39 Å². The molecule has 7 heteroatoms. The molecule has 0 aromatic heterocycles. The first-order valence-electron chi connectivity index (χ1n) is 9.74. The van der Waals surface area contributed by atoms with Gasteiger partial charge in [0.2, 0.25) is 11.8 Å². The number of nitrogens with zero attached hydrogens (tertiary/aromatic N) is 2. The molecule has 2 aromatic carbocycles. The van der Waals surface area contributed by atoms with Crippen LogP contribution in [0, 0.1) is 5.82 Å². The van der Waals surface area contributed by atoms with Crippen LogP contribution in [0.25, 0.3) is 0 Å². The predicted octanol–water partition coefficient (Wildman–Crippen LogP) is 2.24. The lowest BCUT2D eigenvalue weighted by atomic mass is 10.1. The number of carbonyl (C=O) groups is 3. The Morgan fingerprint density at radius 1 is 1.00 bits per heavy atom. The molecule has 0 atom stereocenters. The Bertz CT molecular complexity index is 976. The van der Waals surface area contributed by atoms with E-state index in [1.54, 1.807) is 21.9 Å². The predicted molar refractivity (Wildman–Crippen MR) is 106 cm³/mol. The van der Waals surface area contributed by atoms with Gasteiger partial charge in [-0.2, -0.15) is 0 Å². The molecule has 6 nitrogen and oxygen atoms in total. The number of fused-ring (bicyclic) bond motifs is 1. The Kier molecular flexibility index (Phi) is 5.29. The number of hydrogen-bond acceptors (Lipinski definition) is 3. The van der Waals surface area contributed by atoms with E-state index in [1.807, 2.05) is 18.2 Å². The van der Waals surface area contributed by atoms with Crippen LogP contribution in [-0.4, -0.2) is 53.7 Å². The second kappa shape index (κ2) is 8.03. The van der Waals surface area contributed by atoms with Gasteiger partial charge < -0.3 is 15.1 Å². The van der Waals surface area contributed by atoms with Crippen LogP contribution in [0.15, 0.2) is 42.5 Å². The van der Waals surface area contributed by atoms with Crippen molar-refractivity contribution in [3.63, 3.8) is 0 Å². The van der Waals surface area contributed by atoms with Gasteiger partial charge in [0, 0.05) is 31.9 Å². The summed E-state index contributed by atoms with van der Waals surface area (Å²) in [6, 6.07) is 11.6. The molecule has 3 amide bonds. The molecule has 2 aromatic rings. The van der Waals surface area contributed by atoms with Crippen LogP contribution in [0.5, 0.6) is 0 Å². The van der Waals surface area contributed by atoms with Crippen molar-refractivity contribution in [3.05, 3.63) is 65.0 Å². The highest BCUT2D eigenvalue weighted by atomic mass is 19.1. The number of rotatable bonds is 3. The van der Waals surface area contributed by atoms with Crippen LogP contribution < -0.4 is 5.32 Å². The summed E-state index contributed by atoms with van der Waals surface area (Å²) in [7, 11) is 0. The van der Waals surface area contributed by atoms with E-state index in [0.717, 1.165) is 16.8 Å². The SMILES string of the molecule is O=C1Cc2ccc(CC(=O)N3CCCN(C(=O)c4ccccc4F)CC3)cc2N1. The quantitative estimate of drug-likeness (QED) is 0.867. The maximum atomic E-state index is 13.9. The monoisotopic (exact) mass is 395 g/mol. The molecule has 150 valence electrons. The number of anilines is 1. The molecule has 4 rings (SSSR count). The zero-order valence-corrected chi connectivity index (χ0v) is 16.0. The summed E-state index contributed by atoms with van der Waals surface area (Å²) in [5, 5.41) is 2.80. The zero-order valence-electron chi connectivity index (χ0n) is 16.0. The van der Waals surface area contributed by atoms with Crippen LogP contribution in [0.2, 0.25) is 0 Å². The van der Waals surface area contributed by atoms with Crippen LogP contribution >= 0.6 is 0 Å². The Morgan fingerprint density at radius 3 is 2.59 bits per heavy atom. The van der Waals surface area contributed by atoms with Crippen LogP contribution in [0.3, 0.4) is 0 Å². The molecule has 0 aliphatic carbocycles. The number of carbonyl (C=O) groups excluding carboxylic acids is 3. The van der Waals surface area contributed by atoms with Gasteiger partial charge in [0.25, 0.3) is 5.91 Å². The van der Waals surface area contributed by atoms with E-state index in [4.69, 9.17) is 0 Å². The Hall–Kier alpha value is -3.22. The van der Waals surface area contributed by atoms with Crippen molar-refractivity contribution in [3.8, 4) is 0 Å². The summed E-state index contributed by atoms with van der Waals surface area (Å²) in [6.07, 6.45) is 1.26. The maximum Gasteiger partial charge on any atom is 0.256 e. The first-order valence-corrected chi connectivity index (χ1v) is 9.74. The Balaban J connectivity index is 1.38. The van der Waals surface area contributed by atoms with Crippen molar-refractivity contribution in [2.24, 2.45) is 0 Å². The molecular weight excluding hydrogens is 373 g/mol. The summed E-state index contributed by atoms with van der Waals surface area (Å²) in [4.78, 5) is 40.2. The molecule has 1 N–H and O–H groups in total. The summed E-state index contributed by atoms with van der Waals surface area (Å²) in [5.41, 5.74) is 2.63. The van der Waals surface area contributed by atoms with Gasteiger partial charge in [-0.05, 0) is 35.7 Å². The molecule has 0 unspecified atom stereocenters. The molecular formula is C22H22FN3O3. The lowest BCUT2D eigenvalue weighted by Crippen LogP contribution is -2.38. The van der Waals surface area contributed by atoms with E-state index < -0.39 is 5.82 Å². The highest BCUT2D eigenvalue weighted by Gasteiger charge is 2.25. The summed E-state index contributed by atoms with van der Waals surface area (Å²) < 4.78 is 13.9. The van der Waals surface area contributed by atoms with Gasteiger partial charge in [0.05, 0.1) is 18.4 Å². The van der Waals surface area contributed by atoms with Gasteiger partial charge in [0.1, 0.15) is 5.82 Å². The van der Waals surface area contributed by atoms with Crippen molar-refractivity contribution in [2.75, 3.05) is 31.5 Å². The third-order valence-corrected chi connectivity index (χ3v) is 5.39. The molecule has 0 spiro atoms. The second-order valence-corrected chi connectivity index (χ2v) is 7.40. The molecule has 1 fully saturated rings. The minimum absolute atomic E-state index is 0.0190. The third-order valence-electron chi connectivity index (χ3n) is 5.39. The van der Waals surface area contributed by atoms with E-state index in [0.29, 0.717) is 39.0 Å². The van der Waals surface area contributed by atoms with E-state index in [-0.39, 0.29) is 29.7 Å². The fraction of sp³-hybridized carbons (Fsp3) is 0.318. The molecule has 2 heterocycles. The number of amides is 3. The fourth-order valence-corrected chi connectivity index (χ4v) is 3.83. The second-order valence-electron chi connectivity index (χ2n) is 7.40. The molecule has 0 saturated carbocycles. The molecule has 1 saturated heterocycles. The lowest BCUT2D eigenvalue weighted by Gasteiger charge is -2.22. The average Bonchev–Trinajstić information content (AvgIpc) is 2.91. The van der Waals surface area contributed by atoms with E-state index >= 15 is 0 Å². The number of benzene rings is 2. The smallest absolute Gasteiger partial charge is 0.256 e. The Labute approximate surface area is 168 Å². The summed E-state index contributed by atoms with van der Waals surface area (Å²) in [6.45, 7) is 1.84. The van der Waals surface area contributed by atoms with Crippen molar-refractivity contribution >= 4 is 23.4 Å². The maximum absolute atomic E-state index is 13.9. The van der Waals surface area contributed by atoms with Gasteiger partial charge in [-0.3, -0.25) is 14.4 Å². The molecule has 2 aliphatic rings. The third kappa shape index (κ3) is 4.13. The van der Waals surface area contributed by atoms with Crippen molar-refractivity contribution in [1.29, 1.82) is 0 Å². The van der Waals surface area contributed by atoms with Crippen molar-refractivity contribution in [1.82, 2.24) is 9.80 Å². The van der Waals surface area contributed by atoms with Gasteiger partial charge in [-0.15, -0.1) is 0 Å². The number of nitrogens with one attached hydrogen (secondary N) is 1. The van der Waals surface area contributed by atoms with E-state index in [2.05, 4.69) is 5.32 Å². The first-order chi connectivity index (χ1) is 14.0. The standard InChI is InChI=1S/C22H22FN3O3/c23-18-5-2-1-4-17(18)22(29)26-9-3-8-25(10-11-26)21(28)13-15-6-7-16-14-20(27)24-19(16)12-15/h1-2,4-7,12H,3,8-11,13-14H2,(H,24,27). The van der Waals surface area contributed by atoms with E-state index in [9.17, 15) is 18.8 Å². The highest BCUT2D eigenvalue weighted by molar-refractivity contribution is 5.99. The number of halogens is 1. The summed E-state index contributed by atoms with van der Waals surface area (Å²) in [5.74, 6) is -0.921. The summed E-state index contributed by atoms with van der Waals surface area (Å²) >= 11 is 0. The molecule has 2 aliphatic heterocycles. The minimum atomic E-state index is -0.529. The normalized spacial score (nSPS) is 16.2. The Morgan fingerprint density at radius 2 is 1.76 bits per heavy atom. The molecule has 29 heavy (non-hydrogen) atoms. The molecule has 0 bridgehead atoms. The highest BCUT2D eigenvalue weighted by Crippen LogP contribution is 2.24. The van der Waals surface area contributed by atoms with Crippen molar-refractivity contribution in [2.45, 2.75) is 19.3 Å². The van der Waals surface area contributed by atoms with Crippen LogP contribution in [0.1, 0.15) is 27.9 Å². The lowest BCUT2D eigenvalue weighted by molar-refractivity contribution is -0.130. The average molecular weight is 395 g/mol. The van der Waals surface area contributed by atoms with Gasteiger partial charge >= 0.3 is 0 Å². The van der Waals surface area contributed by atoms with E-state index in [1.165, 1.54) is 12.1 Å². The van der Waals surface area contributed by atoms with Gasteiger partial charge in [-0.1, -0.05) is 24.3 Å². The van der Waals surface area contributed by atoms with Gasteiger partial charge in [0.15, 0.2) is 0 Å².